The zero-order valence-corrected chi connectivity index (χ0v) is 14.8. The van der Waals surface area contributed by atoms with Crippen molar-refractivity contribution in [2.24, 2.45) is 0 Å². The third kappa shape index (κ3) is 3.42. The van der Waals surface area contributed by atoms with E-state index in [2.05, 4.69) is 0 Å². The summed E-state index contributed by atoms with van der Waals surface area (Å²) in [6.07, 6.45) is 2.10. The van der Waals surface area contributed by atoms with Gasteiger partial charge in [-0.1, -0.05) is 17.7 Å². The van der Waals surface area contributed by atoms with E-state index in [4.69, 9.17) is 8.92 Å². The van der Waals surface area contributed by atoms with Gasteiger partial charge < -0.3 is 9.64 Å². The van der Waals surface area contributed by atoms with Crippen LogP contribution >= 0.6 is 0 Å². The second-order valence-corrected chi connectivity index (χ2v) is 8.02. The third-order valence-electron chi connectivity index (χ3n) is 4.74. The number of hydrogen-bond acceptors (Lipinski definition) is 5. The van der Waals surface area contributed by atoms with Gasteiger partial charge >= 0.3 is 6.09 Å². The quantitative estimate of drug-likeness (QED) is 0.778. The van der Waals surface area contributed by atoms with Gasteiger partial charge in [0.25, 0.3) is 10.1 Å². The zero-order chi connectivity index (χ0) is 17.3. The molecule has 24 heavy (non-hydrogen) atoms. The third-order valence-corrected chi connectivity index (χ3v) is 6.12. The topological polar surface area (TPSA) is 72.9 Å². The van der Waals surface area contributed by atoms with E-state index in [1.165, 1.54) is 0 Å². The number of aryl methyl sites for hydroxylation is 1. The molecule has 3 rings (SSSR count). The highest BCUT2D eigenvalue weighted by Gasteiger charge is 2.45. The van der Waals surface area contributed by atoms with Crippen LogP contribution in [0.4, 0.5) is 4.79 Å². The van der Waals surface area contributed by atoms with Gasteiger partial charge in [0.15, 0.2) is 0 Å². The lowest BCUT2D eigenvalue weighted by atomic mass is 10.0. The molecule has 132 valence electrons. The summed E-state index contributed by atoms with van der Waals surface area (Å²) in [5.74, 6) is 0. The number of rotatable bonds is 4. The van der Waals surface area contributed by atoms with Gasteiger partial charge in [-0.3, -0.25) is 4.18 Å². The smallest absolute Gasteiger partial charge is 0.410 e. The van der Waals surface area contributed by atoms with Crippen molar-refractivity contribution in [3.8, 4) is 0 Å². The maximum absolute atomic E-state index is 12.4. The second-order valence-electron chi connectivity index (χ2n) is 6.45. The lowest BCUT2D eigenvalue weighted by molar-refractivity contribution is 0.0375. The summed E-state index contributed by atoms with van der Waals surface area (Å²) < 4.78 is 35.4. The summed E-state index contributed by atoms with van der Waals surface area (Å²) in [6.45, 7) is 4.03. The molecule has 2 fully saturated rings. The molecule has 2 bridgehead atoms. The van der Waals surface area contributed by atoms with E-state index >= 15 is 0 Å². The van der Waals surface area contributed by atoms with Crippen LogP contribution in [0.3, 0.4) is 0 Å². The molecule has 1 aromatic carbocycles. The molecule has 7 heteroatoms. The lowest BCUT2D eigenvalue weighted by Gasteiger charge is -2.37. The summed E-state index contributed by atoms with van der Waals surface area (Å²) in [6, 6.07) is 6.63. The monoisotopic (exact) mass is 353 g/mol. The van der Waals surface area contributed by atoms with Gasteiger partial charge in [-0.05, 0) is 51.7 Å². The highest BCUT2D eigenvalue weighted by Crippen LogP contribution is 2.38. The summed E-state index contributed by atoms with van der Waals surface area (Å²) in [7, 11) is -3.78. The fraction of sp³-hybridized carbons (Fsp3) is 0.588. The molecule has 0 spiro atoms. The maximum Gasteiger partial charge on any atom is 0.410 e. The Hall–Kier alpha value is -1.60. The fourth-order valence-corrected chi connectivity index (χ4v) is 4.74. The first-order chi connectivity index (χ1) is 11.4. The van der Waals surface area contributed by atoms with E-state index in [1.807, 2.05) is 6.92 Å². The van der Waals surface area contributed by atoms with Gasteiger partial charge in [0.1, 0.15) is 0 Å². The molecule has 1 aromatic rings. The molecule has 6 nitrogen and oxygen atoms in total. The minimum Gasteiger partial charge on any atom is -0.450 e. The molecule has 2 aliphatic heterocycles. The Labute approximate surface area is 142 Å². The molecule has 1 unspecified atom stereocenters. The SMILES string of the molecule is CCOC(=O)N1[C@@H]2CC[C@H]1CC(OS(=O)(=O)c1ccc(C)cc1)C2. The fourth-order valence-electron chi connectivity index (χ4n) is 3.64. The van der Waals surface area contributed by atoms with Crippen LogP contribution in [0.2, 0.25) is 0 Å². The number of benzene rings is 1. The first-order valence-electron chi connectivity index (χ1n) is 8.35. The van der Waals surface area contributed by atoms with Crippen LogP contribution in [0, 0.1) is 6.92 Å². The number of carbonyl (C=O) groups excluding carboxylic acids is 1. The average Bonchev–Trinajstić information content (AvgIpc) is 2.79. The highest BCUT2D eigenvalue weighted by molar-refractivity contribution is 7.86. The van der Waals surface area contributed by atoms with Gasteiger partial charge in [-0.15, -0.1) is 0 Å². The van der Waals surface area contributed by atoms with Gasteiger partial charge in [0.05, 0.1) is 17.6 Å². The molecule has 2 aliphatic rings. The average molecular weight is 353 g/mol. The van der Waals surface area contributed by atoms with Crippen LogP contribution in [0.1, 0.15) is 38.2 Å². The maximum atomic E-state index is 12.4. The first kappa shape index (κ1) is 17.2. The summed E-state index contributed by atoms with van der Waals surface area (Å²) in [4.78, 5) is 14.0. The van der Waals surface area contributed by atoms with Crippen molar-refractivity contribution in [2.45, 2.75) is 62.6 Å². The predicted octanol–water partition coefficient (Wildman–Crippen LogP) is 2.85. The van der Waals surface area contributed by atoms with Crippen molar-refractivity contribution in [3.05, 3.63) is 29.8 Å². The molecule has 0 radical (unpaired) electrons. The molecular formula is C17H23NO5S. The second kappa shape index (κ2) is 6.72. The van der Waals surface area contributed by atoms with Crippen molar-refractivity contribution in [2.75, 3.05) is 6.61 Å². The number of carbonyl (C=O) groups is 1. The number of hydrogen-bond donors (Lipinski definition) is 0. The van der Waals surface area contributed by atoms with E-state index < -0.39 is 10.1 Å². The van der Waals surface area contributed by atoms with Crippen LogP contribution in [0.15, 0.2) is 29.2 Å². The van der Waals surface area contributed by atoms with Gasteiger partial charge in [-0.25, -0.2) is 4.79 Å². The zero-order valence-electron chi connectivity index (χ0n) is 14.0. The number of nitrogens with zero attached hydrogens (tertiary/aromatic N) is 1. The van der Waals surface area contributed by atoms with Crippen molar-refractivity contribution >= 4 is 16.2 Å². The van der Waals surface area contributed by atoms with Crippen LogP contribution in [0.5, 0.6) is 0 Å². The number of piperidine rings is 1. The van der Waals surface area contributed by atoms with Gasteiger partial charge in [0.2, 0.25) is 0 Å². The van der Waals surface area contributed by atoms with Gasteiger partial charge in [-0.2, -0.15) is 8.42 Å². The Balaban J connectivity index is 1.68. The summed E-state index contributed by atoms with van der Waals surface area (Å²) in [5, 5.41) is 0. The van der Waals surface area contributed by atoms with E-state index in [1.54, 1.807) is 36.1 Å². The largest absolute Gasteiger partial charge is 0.450 e. The first-order valence-corrected chi connectivity index (χ1v) is 9.76. The molecule has 3 atom stereocenters. The lowest BCUT2D eigenvalue weighted by Crippen LogP contribution is -2.49. The van der Waals surface area contributed by atoms with E-state index in [0.29, 0.717) is 19.4 Å². The van der Waals surface area contributed by atoms with E-state index in [0.717, 1.165) is 18.4 Å². The molecule has 0 saturated carbocycles. The summed E-state index contributed by atoms with van der Waals surface area (Å²) in [5.41, 5.74) is 0.995. The Bertz CT molecular complexity index is 686. The van der Waals surface area contributed by atoms with Crippen LogP contribution in [0.25, 0.3) is 0 Å². The highest BCUT2D eigenvalue weighted by atomic mass is 32.2. The van der Waals surface area contributed by atoms with Crippen LogP contribution in [-0.4, -0.2) is 44.2 Å². The minimum absolute atomic E-state index is 0.000942. The normalized spacial score (nSPS) is 26.4. The Morgan fingerprint density at radius 3 is 2.29 bits per heavy atom. The Morgan fingerprint density at radius 2 is 1.75 bits per heavy atom. The molecule has 1 amide bonds. The number of amides is 1. The van der Waals surface area contributed by atoms with E-state index in [9.17, 15) is 13.2 Å². The molecule has 2 saturated heterocycles. The molecule has 2 heterocycles. The standard InChI is InChI=1S/C17H23NO5S/c1-3-22-17(19)18-13-6-7-14(18)11-15(10-13)23-24(20,21)16-8-4-12(2)5-9-16/h4-5,8-9,13-15H,3,6-7,10-11H2,1-2H3/t13-,14+,15?. The van der Waals surface area contributed by atoms with E-state index in [-0.39, 0.29) is 29.2 Å². The summed E-state index contributed by atoms with van der Waals surface area (Å²) >= 11 is 0. The molecule has 0 N–H and O–H groups in total. The van der Waals surface area contributed by atoms with Gasteiger partial charge in [0, 0.05) is 12.1 Å². The van der Waals surface area contributed by atoms with Crippen LogP contribution < -0.4 is 0 Å². The minimum atomic E-state index is -3.78. The number of fused-ring (bicyclic) bond motifs is 2. The molecular weight excluding hydrogens is 330 g/mol. The predicted molar refractivity (Wildman–Crippen MR) is 88.1 cm³/mol. The molecule has 0 aliphatic carbocycles. The number of ether oxygens (including phenoxy) is 1. The van der Waals surface area contributed by atoms with Crippen molar-refractivity contribution in [1.82, 2.24) is 4.90 Å². The molecule has 0 aromatic heterocycles. The van der Waals surface area contributed by atoms with Crippen LogP contribution in [-0.2, 0) is 19.0 Å². The Kier molecular flexibility index (Phi) is 4.83. The Morgan fingerprint density at radius 1 is 1.17 bits per heavy atom. The van der Waals surface area contributed by atoms with Crippen molar-refractivity contribution in [3.63, 3.8) is 0 Å². The van der Waals surface area contributed by atoms with Crippen molar-refractivity contribution < 1.29 is 22.1 Å². The van der Waals surface area contributed by atoms with Crippen molar-refractivity contribution in [1.29, 1.82) is 0 Å².